The fourth-order valence-electron chi connectivity index (χ4n) is 4.13. The second-order valence-corrected chi connectivity index (χ2v) is 8.61. The molecule has 150 valence electrons. The van der Waals surface area contributed by atoms with Crippen LogP contribution in [0.4, 0.5) is 5.69 Å². The number of morpholine rings is 1. The number of aryl methyl sites for hydroxylation is 2. The molecule has 0 aromatic heterocycles. The normalized spacial score (nSPS) is 20.5. The van der Waals surface area contributed by atoms with E-state index in [1.54, 1.807) is 9.80 Å². The highest BCUT2D eigenvalue weighted by Gasteiger charge is 2.27. The van der Waals surface area contributed by atoms with Crippen molar-refractivity contribution in [2.45, 2.75) is 32.7 Å². The summed E-state index contributed by atoms with van der Waals surface area (Å²) >= 11 is 5.69. The van der Waals surface area contributed by atoms with Gasteiger partial charge < -0.3 is 24.8 Å². The van der Waals surface area contributed by atoms with Gasteiger partial charge in [-0.05, 0) is 43.3 Å². The van der Waals surface area contributed by atoms with Crippen LogP contribution in [-0.4, -0.2) is 75.6 Å². The average Bonchev–Trinajstić information content (AvgIpc) is 2.70. The minimum absolute atomic E-state index is 0.755. The molecule has 0 radical (unpaired) electrons. The van der Waals surface area contributed by atoms with E-state index in [2.05, 4.69) is 49.3 Å². The monoisotopic (exact) mass is 392 g/mol. The zero-order valence-corrected chi connectivity index (χ0v) is 18.0. The van der Waals surface area contributed by atoms with Crippen LogP contribution in [0.5, 0.6) is 0 Å². The average molecular weight is 393 g/mol. The van der Waals surface area contributed by atoms with E-state index in [1.807, 2.05) is 0 Å². The molecule has 3 rings (SSSR count). The number of nitrogens with one attached hydrogen (secondary N) is 3. The maximum Gasteiger partial charge on any atom is 0.173 e. The third kappa shape index (κ3) is 5.88. The molecule has 1 aromatic carbocycles. The molecule has 1 atom stereocenters. The minimum atomic E-state index is 0.755. The van der Waals surface area contributed by atoms with Gasteiger partial charge in [0.25, 0.3) is 0 Å². The highest BCUT2D eigenvalue weighted by Crippen LogP contribution is 2.18. The third-order valence-electron chi connectivity index (χ3n) is 6.19. The van der Waals surface area contributed by atoms with Crippen LogP contribution in [0.3, 0.4) is 0 Å². The Balaban J connectivity index is 1.42. The number of rotatable bonds is 5. The van der Waals surface area contributed by atoms with Gasteiger partial charge in [0.1, 0.15) is 26.2 Å². The van der Waals surface area contributed by atoms with Crippen molar-refractivity contribution in [1.29, 1.82) is 0 Å². The Labute approximate surface area is 169 Å². The molecule has 2 saturated heterocycles. The van der Waals surface area contributed by atoms with Gasteiger partial charge in [-0.3, -0.25) is 0 Å². The maximum atomic E-state index is 5.69. The number of hydrogen-bond acceptors (Lipinski definition) is 2. The van der Waals surface area contributed by atoms with Gasteiger partial charge >= 0.3 is 0 Å². The van der Waals surface area contributed by atoms with E-state index in [-0.39, 0.29) is 0 Å². The third-order valence-corrected chi connectivity index (χ3v) is 6.55. The molecular weight excluding hydrogens is 356 g/mol. The maximum absolute atomic E-state index is 5.69. The van der Waals surface area contributed by atoms with Crippen molar-refractivity contribution in [3.8, 4) is 0 Å². The van der Waals surface area contributed by atoms with Crippen molar-refractivity contribution in [2.75, 3.05) is 64.8 Å². The number of ether oxygens (including phenoxy) is 1. The zero-order chi connectivity index (χ0) is 19.2. The second-order valence-electron chi connectivity index (χ2n) is 8.22. The first-order valence-corrected chi connectivity index (χ1v) is 10.8. The molecule has 1 aromatic rings. The molecule has 1 unspecified atom stereocenters. The van der Waals surface area contributed by atoms with Gasteiger partial charge in [0.05, 0.1) is 26.3 Å². The Morgan fingerprint density at radius 1 is 1.26 bits per heavy atom. The molecule has 0 saturated carbocycles. The van der Waals surface area contributed by atoms with E-state index in [4.69, 9.17) is 17.0 Å². The smallest absolute Gasteiger partial charge is 0.173 e. The summed E-state index contributed by atoms with van der Waals surface area (Å²) in [5.41, 5.74) is 3.64. The number of nitrogens with zero attached hydrogens (tertiary/aromatic N) is 1. The van der Waals surface area contributed by atoms with Crippen molar-refractivity contribution in [3.63, 3.8) is 0 Å². The van der Waals surface area contributed by atoms with Crippen LogP contribution in [0.25, 0.3) is 0 Å². The number of likely N-dealkylation sites (tertiary alicyclic amines) is 1. The van der Waals surface area contributed by atoms with Gasteiger partial charge in [-0.1, -0.05) is 12.1 Å². The topological polar surface area (TPSA) is 33.4 Å². The summed E-state index contributed by atoms with van der Waals surface area (Å²) in [4.78, 5) is 5.73. The van der Waals surface area contributed by atoms with E-state index in [0.29, 0.717) is 0 Å². The van der Waals surface area contributed by atoms with Crippen molar-refractivity contribution < 1.29 is 14.5 Å². The molecule has 0 spiro atoms. The van der Waals surface area contributed by atoms with Crippen molar-refractivity contribution in [2.24, 2.45) is 0 Å². The lowest BCUT2D eigenvalue weighted by atomic mass is 10.0. The van der Waals surface area contributed by atoms with Gasteiger partial charge in [0.2, 0.25) is 0 Å². The van der Waals surface area contributed by atoms with E-state index < -0.39 is 0 Å². The minimum Gasteiger partial charge on any atom is -0.370 e. The Hall–Kier alpha value is -1.21. The Kier molecular flexibility index (Phi) is 7.47. The number of piperidine rings is 1. The summed E-state index contributed by atoms with van der Waals surface area (Å²) in [7, 11) is 2.37. The van der Waals surface area contributed by atoms with Crippen molar-refractivity contribution in [3.05, 3.63) is 29.3 Å². The SMILES string of the molecule is Cc1ccc(C)c(NC(=S)N2CCC([NH+](C)CC[NH+]3CCOCC3)CC2)c1. The predicted molar refractivity (Wildman–Crippen MR) is 115 cm³/mol. The lowest BCUT2D eigenvalue weighted by Crippen LogP contribution is -3.21. The Morgan fingerprint density at radius 2 is 1.96 bits per heavy atom. The predicted octanol–water partition coefficient (Wildman–Crippen LogP) is -0.106. The number of thiocarbonyl (C=S) groups is 1. The molecule has 6 heteroatoms. The fourth-order valence-corrected chi connectivity index (χ4v) is 4.42. The molecular formula is C21H36N4OS+2. The van der Waals surface area contributed by atoms with Crippen LogP contribution in [0.1, 0.15) is 24.0 Å². The first-order chi connectivity index (χ1) is 13.0. The Morgan fingerprint density at radius 3 is 2.67 bits per heavy atom. The molecule has 5 nitrogen and oxygen atoms in total. The molecule has 2 heterocycles. The summed E-state index contributed by atoms with van der Waals surface area (Å²) in [5, 5.41) is 4.34. The van der Waals surface area contributed by atoms with E-state index in [9.17, 15) is 0 Å². The summed E-state index contributed by atoms with van der Waals surface area (Å²) in [5.74, 6) is 0. The highest BCUT2D eigenvalue weighted by atomic mass is 32.1. The lowest BCUT2D eigenvalue weighted by molar-refractivity contribution is -0.964. The van der Waals surface area contributed by atoms with Gasteiger partial charge in [-0.2, -0.15) is 0 Å². The number of anilines is 1. The number of quaternary nitrogens is 2. The van der Waals surface area contributed by atoms with Crippen LogP contribution in [0.15, 0.2) is 18.2 Å². The first kappa shape index (κ1) is 20.5. The number of likely N-dealkylation sites (N-methyl/N-ethyl adjacent to an activating group) is 1. The highest BCUT2D eigenvalue weighted by molar-refractivity contribution is 7.80. The summed E-state index contributed by atoms with van der Waals surface area (Å²) in [6, 6.07) is 7.23. The van der Waals surface area contributed by atoms with Crippen molar-refractivity contribution in [1.82, 2.24) is 4.90 Å². The number of benzene rings is 1. The van der Waals surface area contributed by atoms with Crippen LogP contribution < -0.4 is 15.1 Å². The zero-order valence-electron chi connectivity index (χ0n) is 17.1. The van der Waals surface area contributed by atoms with Gasteiger partial charge in [0.15, 0.2) is 5.11 Å². The summed E-state index contributed by atoms with van der Waals surface area (Å²) < 4.78 is 5.46. The van der Waals surface area contributed by atoms with E-state index in [1.165, 1.54) is 50.1 Å². The summed E-state index contributed by atoms with van der Waals surface area (Å²) in [6.45, 7) is 13.1. The molecule has 27 heavy (non-hydrogen) atoms. The molecule has 0 amide bonds. The van der Waals surface area contributed by atoms with Gasteiger partial charge in [-0.15, -0.1) is 0 Å². The molecule has 3 N–H and O–H groups in total. The van der Waals surface area contributed by atoms with Crippen LogP contribution in [0.2, 0.25) is 0 Å². The van der Waals surface area contributed by atoms with E-state index >= 15 is 0 Å². The van der Waals surface area contributed by atoms with Crippen LogP contribution in [0, 0.1) is 13.8 Å². The fraction of sp³-hybridized carbons (Fsp3) is 0.667. The molecule has 2 aliphatic heterocycles. The quantitative estimate of drug-likeness (QED) is 0.611. The van der Waals surface area contributed by atoms with Crippen molar-refractivity contribution >= 4 is 23.0 Å². The van der Waals surface area contributed by atoms with E-state index in [0.717, 1.165) is 43.1 Å². The standard InChI is InChI=1S/C21H34N4OS/c1-17-4-5-18(2)20(16-17)22-21(27)25-8-6-19(7-9-25)23(3)10-11-24-12-14-26-15-13-24/h4-5,16,19H,6-15H2,1-3H3,(H,22,27)/p+2. The van der Waals surface area contributed by atoms with Gasteiger partial charge in [-0.25, -0.2) is 0 Å². The second kappa shape index (κ2) is 9.82. The molecule has 2 fully saturated rings. The number of hydrogen-bond donors (Lipinski definition) is 3. The largest absolute Gasteiger partial charge is 0.370 e. The Bertz CT molecular complexity index is 625. The molecule has 0 aliphatic carbocycles. The van der Waals surface area contributed by atoms with Crippen LogP contribution in [-0.2, 0) is 4.74 Å². The first-order valence-electron chi connectivity index (χ1n) is 10.4. The van der Waals surface area contributed by atoms with Crippen LogP contribution >= 0.6 is 12.2 Å². The van der Waals surface area contributed by atoms with Gasteiger partial charge in [0, 0.05) is 31.6 Å². The summed E-state index contributed by atoms with van der Waals surface area (Å²) in [6.07, 6.45) is 2.44. The lowest BCUT2D eigenvalue weighted by Gasteiger charge is -2.36. The molecule has 0 bridgehead atoms. The molecule has 2 aliphatic rings.